The SMILES string of the molecule is COC(=O)N(C)CCN(C)CCC(=O)Nc1ccc(C(N)=O)cc1. The molecule has 0 spiro atoms. The van der Waals surface area contributed by atoms with E-state index < -0.39 is 5.91 Å². The average Bonchev–Trinajstić information content (AvgIpc) is 2.57. The summed E-state index contributed by atoms with van der Waals surface area (Å²) in [5.74, 6) is -0.638. The lowest BCUT2D eigenvalue weighted by atomic mass is 10.2. The van der Waals surface area contributed by atoms with Crippen LogP contribution in [0.5, 0.6) is 0 Å². The van der Waals surface area contributed by atoms with Gasteiger partial charge >= 0.3 is 6.09 Å². The molecule has 0 saturated carbocycles. The fraction of sp³-hybridized carbons (Fsp3) is 0.438. The zero-order chi connectivity index (χ0) is 18.1. The van der Waals surface area contributed by atoms with Crippen molar-refractivity contribution >= 4 is 23.6 Å². The number of nitrogens with zero attached hydrogens (tertiary/aromatic N) is 2. The van der Waals surface area contributed by atoms with E-state index in [1.165, 1.54) is 12.0 Å². The van der Waals surface area contributed by atoms with Gasteiger partial charge in [-0.25, -0.2) is 4.79 Å². The minimum Gasteiger partial charge on any atom is -0.453 e. The molecule has 0 saturated heterocycles. The number of carbonyl (C=O) groups is 3. The smallest absolute Gasteiger partial charge is 0.409 e. The number of likely N-dealkylation sites (N-methyl/N-ethyl adjacent to an activating group) is 2. The first-order valence-electron chi connectivity index (χ1n) is 7.51. The molecular formula is C16H24N4O4. The highest BCUT2D eigenvalue weighted by atomic mass is 16.5. The Hall–Kier alpha value is -2.61. The van der Waals surface area contributed by atoms with E-state index in [2.05, 4.69) is 10.1 Å². The van der Waals surface area contributed by atoms with E-state index in [1.807, 2.05) is 11.9 Å². The number of hydrogen-bond acceptors (Lipinski definition) is 5. The zero-order valence-corrected chi connectivity index (χ0v) is 14.2. The number of carbonyl (C=O) groups excluding carboxylic acids is 3. The summed E-state index contributed by atoms with van der Waals surface area (Å²) in [6.45, 7) is 1.70. The van der Waals surface area contributed by atoms with Crippen LogP contribution >= 0.6 is 0 Å². The van der Waals surface area contributed by atoms with Gasteiger partial charge in [-0.05, 0) is 31.3 Å². The summed E-state index contributed by atoms with van der Waals surface area (Å²) >= 11 is 0. The number of rotatable bonds is 8. The number of ether oxygens (including phenoxy) is 1. The Balaban J connectivity index is 2.32. The molecule has 0 radical (unpaired) electrons. The summed E-state index contributed by atoms with van der Waals surface area (Å²) in [4.78, 5) is 37.6. The Morgan fingerprint density at radius 1 is 1.08 bits per heavy atom. The van der Waals surface area contributed by atoms with Gasteiger partial charge in [-0.15, -0.1) is 0 Å². The van der Waals surface area contributed by atoms with Crippen molar-refractivity contribution in [2.24, 2.45) is 5.73 Å². The van der Waals surface area contributed by atoms with Gasteiger partial charge in [0.2, 0.25) is 11.8 Å². The van der Waals surface area contributed by atoms with Crippen LogP contribution in [0.1, 0.15) is 16.8 Å². The van der Waals surface area contributed by atoms with Crippen LogP contribution in [0, 0.1) is 0 Å². The van der Waals surface area contributed by atoms with Gasteiger partial charge < -0.3 is 25.6 Å². The van der Waals surface area contributed by atoms with E-state index in [1.54, 1.807) is 31.3 Å². The highest BCUT2D eigenvalue weighted by Crippen LogP contribution is 2.09. The van der Waals surface area contributed by atoms with Crippen LogP contribution in [0.15, 0.2) is 24.3 Å². The van der Waals surface area contributed by atoms with Gasteiger partial charge in [0, 0.05) is 44.4 Å². The maximum absolute atomic E-state index is 11.9. The van der Waals surface area contributed by atoms with E-state index in [0.717, 1.165) is 0 Å². The lowest BCUT2D eigenvalue weighted by molar-refractivity contribution is -0.116. The number of nitrogens with one attached hydrogen (secondary N) is 1. The maximum Gasteiger partial charge on any atom is 0.409 e. The van der Waals surface area contributed by atoms with Crippen LogP contribution < -0.4 is 11.1 Å². The molecule has 0 fully saturated rings. The van der Waals surface area contributed by atoms with Gasteiger partial charge in [0.15, 0.2) is 0 Å². The number of amides is 3. The number of hydrogen-bond donors (Lipinski definition) is 2. The number of primary amides is 1. The van der Waals surface area contributed by atoms with Gasteiger partial charge in [0.05, 0.1) is 7.11 Å². The van der Waals surface area contributed by atoms with Crippen LogP contribution in [-0.4, -0.2) is 68.5 Å². The molecule has 0 atom stereocenters. The molecular weight excluding hydrogens is 312 g/mol. The van der Waals surface area contributed by atoms with Crippen LogP contribution in [0.4, 0.5) is 10.5 Å². The third kappa shape index (κ3) is 6.66. The largest absolute Gasteiger partial charge is 0.453 e. The minimum absolute atomic E-state index is 0.130. The predicted molar refractivity (Wildman–Crippen MR) is 90.7 cm³/mol. The first-order valence-corrected chi connectivity index (χ1v) is 7.51. The van der Waals surface area contributed by atoms with Crippen molar-refractivity contribution < 1.29 is 19.1 Å². The Morgan fingerprint density at radius 2 is 1.71 bits per heavy atom. The summed E-state index contributed by atoms with van der Waals surface area (Å²) in [5.41, 5.74) is 6.16. The quantitative estimate of drug-likeness (QED) is 0.728. The van der Waals surface area contributed by atoms with E-state index in [9.17, 15) is 14.4 Å². The highest BCUT2D eigenvalue weighted by molar-refractivity contribution is 5.94. The van der Waals surface area contributed by atoms with Crippen molar-refractivity contribution in [2.45, 2.75) is 6.42 Å². The van der Waals surface area contributed by atoms with Gasteiger partial charge in [-0.1, -0.05) is 0 Å². The molecule has 0 unspecified atom stereocenters. The molecule has 0 aliphatic carbocycles. The zero-order valence-electron chi connectivity index (χ0n) is 14.2. The second-order valence-electron chi connectivity index (χ2n) is 5.43. The molecule has 1 rings (SSSR count). The molecule has 3 amide bonds. The number of benzene rings is 1. The minimum atomic E-state index is -0.508. The molecule has 0 aliphatic rings. The second-order valence-corrected chi connectivity index (χ2v) is 5.43. The van der Waals surface area contributed by atoms with E-state index >= 15 is 0 Å². The summed E-state index contributed by atoms with van der Waals surface area (Å²) < 4.78 is 4.61. The highest BCUT2D eigenvalue weighted by Gasteiger charge is 2.10. The van der Waals surface area contributed by atoms with E-state index in [0.29, 0.717) is 37.3 Å². The van der Waals surface area contributed by atoms with Gasteiger partial charge in [-0.2, -0.15) is 0 Å². The van der Waals surface area contributed by atoms with E-state index in [4.69, 9.17) is 5.73 Å². The molecule has 8 heteroatoms. The lowest BCUT2D eigenvalue weighted by Gasteiger charge is -2.21. The Bertz CT molecular complexity index is 574. The van der Waals surface area contributed by atoms with Crippen molar-refractivity contribution in [2.75, 3.05) is 46.2 Å². The lowest BCUT2D eigenvalue weighted by Crippen LogP contribution is -2.35. The van der Waals surface area contributed by atoms with Gasteiger partial charge in [0.1, 0.15) is 0 Å². The normalized spacial score (nSPS) is 10.3. The van der Waals surface area contributed by atoms with Crippen LogP contribution in [0.3, 0.4) is 0 Å². The number of anilines is 1. The fourth-order valence-electron chi connectivity index (χ4n) is 1.91. The standard InChI is InChI=1S/C16H24N4O4/c1-19(10-11-20(2)16(23)24-3)9-8-14(21)18-13-6-4-12(5-7-13)15(17)22/h4-7H,8-11H2,1-3H3,(H2,17,22)(H,18,21). The summed E-state index contributed by atoms with van der Waals surface area (Å²) in [6, 6.07) is 6.39. The first-order chi connectivity index (χ1) is 11.3. The molecule has 1 aromatic carbocycles. The molecule has 0 heterocycles. The predicted octanol–water partition coefficient (Wildman–Crippen LogP) is 0.744. The topological polar surface area (TPSA) is 105 Å². The molecule has 0 aromatic heterocycles. The molecule has 1 aromatic rings. The van der Waals surface area contributed by atoms with Crippen LogP contribution in [0.25, 0.3) is 0 Å². The van der Waals surface area contributed by atoms with Gasteiger partial charge in [-0.3, -0.25) is 9.59 Å². The fourth-order valence-corrected chi connectivity index (χ4v) is 1.91. The van der Waals surface area contributed by atoms with Crippen LogP contribution in [-0.2, 0) is 9.53 Å². The first kappa shape index (κ1) is 19.4. The average molecular weight is 336 g/mol. The van der Waals surface area contributed by atoms with E-state index in [-0.39, 0.29) is 12.0 Å². The number of nitrogens with two attached hydrogens (primary N) is 1. The monoisotopic (exact) mass is 336 g/mol. The molecule has 8 nitrogen and oxygen atoms in total. The Morgan fingerprint density at radius 3 is 2.25 bits per heavy atom. The Labute approximate surface area is 141 Å². The molecule has 3 N–H and O–H groups in total. The van der Waals surface area contributed by atoms with Crippen molar-refractivity contribution in [3.8, 4) is 0 Å². The second kappa shape index (κ2) is 9.51. The number of methoxy groups -OCH3 is 1. The van der Waals surface area contributed by atoms with Crippen molar-refractivity contribution in [3.05, 3.63) is 29.8 Å². The third-order valence-electron chi connectivity index (χ3n) is 3.48. The summed E-state index contributed by atoms with van der Waals surface area (Å²) in [6.07, 6.45) is -0.0729. The third-order valence-corrected chi connectivity index (χ3v) is 3.48. The maximum atomic E-state index is 11.9. The molecule has 132 valence electrons. The summed E-state index contributed by atoms with van der Waals surface area (Å²) in [5, 5.41) is 2.75. The van der Waals surface area contributed by atoms with Crippen molar-refractivity contribution in [1.29, 1.82) is 0 Å². The Kier molecular flexibility index (Phi) is 7.70. The molecule has 0 bridgehead atoms. The molecule has 24 heavy (non-hydrogen) atoms. The van der Waals surface area contributed by atoms with Crippen molar-refractivity contribution in [1.82, 2.24) is 9.80 Å². The van der Waals surface area contributed by atoms with Crippen molar-refractivity contribution in [3.63, 3.8) is 0 Å². The van der Waals surface area contributed by atoms with Gasteiger partial charge in [0.25, 0.3) is 0 Å². The summed E-state index contributed by atoms with van der Waals surface area (Å²) in [7, 11) is 4.87. The van der Waals surface area contributed by atoms with Crippen LogP contribution in [0.2, 0.25) is 0 Å². The molecule has 0 aliphatic heterocycles.